The van der Waals surface area contributed by atoms with E-state index in [9.17, 15) is 4.79 Å². The summed E-state index contributed by atoms with van der Waals surface area (Å²) in [5.74, 6) is 0. The van der Waals surface area contributed by atoms with Crippen molar-refractivity contribution in [2.24, 2.45) is 0 Å². The quantitative estimate of drug-likeness (QED) is 0.467. The SMILES string of the molecule is C=CC1CCC(C=C)OC(=O)O1. The van der Waals surface area contributed by atoms with E-state index in [1.54, 1.807) is 12.2 Å². The van der Waals surface area contributed by atoms with Crippen LogP contribution in [0.3, 0.4) is 0 Å². The zero-order valence-electron chi connectivity index (χ0n) is 6.86. The highest BCUT2D eigenvalue weighted by Gasteiger charge is 2.21. The molecule has 2 atom stereocenters. The number of hydrogen-bond acceptors (Lipinski definition) is 3. The van der Waals surface area contributed by atoms with Crippen LogP contribution in [0.15, 0.2) is 25.3 Å². The predicted octanol–water partition coefficient (Wildman–Crippen LogP) is 2.04. The molecule has 1 aliphatic heterocycles. The predicted molar refractivity (Wildman–Crippen MR) is 44.8 cm³/mol. The average molecular weight is 168 g/mol. The molecule has 3 heteroatoms. The summed E-state index contributed by atoms with van der Waals surface area (Å²) in [5.41, 5.74) is 0. The third-order valence-corrected chi connectivity index (χ3v) is 1.76. The van der Waals surface area contributed by atoms with Gasteiger partial charge in [0.1, 0.15) is 12.2 Å². The van der Waals surface area contributed by atoms with E-state index in [1.165, 1.54) is 0 Å². The van der Waals surface area contributed by atoms with Crippen molar-refractivity contribution in [1.82, 2.24) is 0 Å². The standard InChI is InChI=1S/C9H12O3/c1-3-7-5-6-8(4-2)12-9(10)11-7/h3-4,7-8H,1-2,5-6H2. The number of carbonyl (C=O) groups is 1. The molecule has 1 heterocycles. The number of rotatable bonds is 2. The molecular formula is C9H12O3. The first kappa shape index (κ1) is 8.84. The topological polar surface area (TPSA) is 35.5 Å². The van der Waals surface area contributed by atoms with Crippen molar-refractivity contribution in [2.75, 3.05) is 0 Å². The van der Waals surface area contributed by atoms with E-state index in [2.05, 4.69) is 13.2 Å². The fraction of sp³-hybridized carbons (Fsp3) is 0.444. The molecule has 2 unspecified atom stereocenters. The van der Waals surface area contributed by atoms with Gasteiger partial charge < -0.3 is 9.47 Å². The minimum Gasteiger partial charge on any atom is -0.427 e. The Labute approximate surface area is 71.7 Å². The third-order valence-electron chi connectivity index (χ3n) is 1.76. The van der Waals surface area contributed by atoms with Crippen molar-refractivity contribution in [3.05, 3.63) is 25.3 Å². The average Bonchev–Trinajstić information content (AvgIpc) is 2.26. The lowest BCUT2D eigenvalue weighted by molar-refractivity contribution is 0.0431. The zero-order chi connectivity index (χ0) is 8.97. The second kappa shape index (κ2) is 3.95. The second-order valence-corrected chi connectivity index (χ2v) is 2.61. The van der Waals surface area contributed by atoms with Crippen molar-refractivity contribution in [2.45, 2.75) is 25.0 Å². The van der Waals surface area contributed by atoms with E-state index in [0.717, 1.165) is 12.8 Å². The van der Waals surface area contributed by atoms with Crippen LogP contribution >= 0.6 is 0 Å². The van der Waals surface area contributed by atoms with Crippen LogP contribution in [0.1, 0.15) is 12.8 Å². The summed E-state index contributed by atoms with van der Waals surface area (Å²) in [6, 6.07) is 0. The number of carbonyl (C=O) groups excluding carboxylic acids is 1. The lowest BCUT2D eigenvalue weighted by Gasteiger charge is -2.06. The number of ether oxygens (including phenoxy) is 2. The van der Waals surface area contributed by atoms with E-state index < -0.39 is 6.16 Å². The van der Waals surface area contributed by atoms with Crippen LogP contribution < -0.4 is 0 Å². The highest BCUT2D eigenvalue weighted by atomic mass is 16.7. The van der Waals surface area contributed by atoms with E-state index in [1.807, 2.05) is 0 Å². The van der Waals surface area contributed by atoms with Crippen LogP contribution in [0.25, 0.3) is 0 Å². The first-order valence-corrected chi connectivity index (χ1v) is 3.88. The van der Waals surface area contributed by atoms with Gasteiger partial charge in [-0.15, -0.1) is 0 Å². The van der Waals surface area contributed by atoms with Gasteiger partial charge in [0.2, 0.25) is 0 Å². The van der Waals surface area contributed by atoms with Crippen molar-refractivity contribution in [3.8, 4) is 0 Å². The molecule has 66 valence electrons. The van der Waals surface area contributed by atoms with Crippen LogP contribution in [0, 0.1) is 0 Å². The molecule has 1 rings (SSSR count). The Kier molecular flexibility index (Phi) is 2.91. The summed E-state index contributed by atoms with van der Waals surface area (Å²) in [6.07, 6.45) is 3.62. The van der Waals surface area contributed by atoms with E-state index >= 15 is 0 Å². The van der Waals surface area contributed by atoms with Crippen LogP contribution in [-0.4, -0.2) is 18.4 Å². The number of hydrogen-bond donors (Lipinski definition) is 0. The van der Waals surface area contributed by atoms with Gasteiger partial charge >= 0.3 is 6.16 Å². The Bertz CT molecular complexity index is 178. The molecule has 1 aliphatic rings. The molecule has 3 nitrogen and oxygen atoms in total. The van der Waals surface area contributed by atoms with Gasteiger partial charge in [-0.1, -0.05) is 25.3 Å². The van der Waals surface area contributed by atoms with Crippen LogP contribution in [-0.2, 0) is 9.47 Å². The Balaban J connectivity index is 2.57. The fourth-order valence-corrected chi connectivity index (χ4v) is 1.05. The van der Waals surface area contributed by atoms with Gasteiger partial charge in [-0.05, 0) is 12.8 Å². The molecule has 0 saturated carbocycles. The van der Waals surface area contributed by atoms with Gasteiger partial charge in [0.15, 0.2) is 0 Å². The first-order valence-electron chi connectivity index (χ1n) is 3.88. The second-order valence-electron chi connectivity index (χ2n) is 2.61. The van der Waals surface area contributed by atoms with Crippen molar-refractivity contribution < 1.29 is 14.3 Å². The van der Waals surface area contributed by atoms with Crippen LogP contribution in [0.2, 0.25) is 0 Å². The van der Waals surface area contributed by atoms with Gasteiger partial charge in [-0.25, -0.2) is 4.79 Å². The maximum absolute atomic E-state index is 10.9. The smallest absolute Gasteiger partial charge is 0.427 e. The first-order chi connectivity index (χ1) is 5.76. The molecule has 0 radical (unpaired) electrons. The maximum Gasteiger partial charge on any atom is 0.509 e. The lowest BCUT2D eigenvalue weighted by atomic mass is 10.1. The molecule has 0 aromatic carbocycles. The lowest BCUT2D eigenvalue weighted by Crippen LogP contribution is -2.14. The molecule has 1 saturated heterocycles. The highest BCUT2D eigenvalue weighted by Crippen LogP contribution is 2.16. The summed E-state index contributed by atoms with van der Waals surface area (Å²) >= 11 is 0. The molecule has 0 spiro atoms. The monoisotopic (exact) mass is 168 g/mol. The summed E-state index contributed by atoms with van der Waals surface area (Å²) in [4.78, 5) is 10.9. The molecule has 0 amide bonds. The number of cyclic esters (lactones) is 2. The molecule has 1 fully saturated rings. The van der Waals surface area contributed by atoms with Gasteiger partial charge in [0.05, 0.1) is 0 Å². The summed E-state index contributed by atoms with van der Waals surface area (Å²) < 4.78 is 9.73. The van der Waals surface area contributed by atoms with Gasteiger partial charge in [-0.3, -0.25) is 0 Å². The highest BCUT2D eigenvalue weighted by molar-refractivity contribution is 5.61. The third kappa shape index (κ3) is 2.12. The minimum atomic E-state index is -0.637. The largest absolute Gasteiger partial charge is 0.509 e. The fourth-order valence-electron chi connectivity index (χ4n) is 1.05. The molecule has 12 heavy (non-hydrogen) atoms. The Morgan fingerprint density at radius 2 is 1.58 bits per heavy atom. The Morgan fingerprint density at radius 1 is 1.17 bits per heavy atom. The zero-order valence-corrected chi connectivity index (χ0v) is 6.86. The Hall–Kier alpha value is -1.25. The van der Waals surface area contributed by atoms with E-state index in [-0.39, 0.29) is 12.2 Å². The van der Waals surface area contributed by atoms with Crippen molar-refractivity contribution in [1.29, 1.82) is 0 Å². The molecule has 0 aliphatic carbocycles. The van der Waals surface area contributed by atoms with Crippen molar-refractivity contribution >= 4 is 6.16 Å². The molecule has 0 N–H and O–H groups in total. The van der Waals surface area contributed by atoms with Gasteiger partial charge in [0.25, 0.3) is 0 Å². The summed E-state index contributed by atoms with van der Waals surface area (Å²) in [5, 5.41) is 0. The molecule has 0 aromatic heterocycles. The molecular weight excluding hydrogens is 156 g/mol. The minimum absolute atomic E-state index is 0.220. The summed E-state index contributed by atoms with van der Waals surface area (Å²) in [6.45, 7) is 7.11. The van der Waals surface area contributed by atoms with E-state index in [4.69, 9.17) is 9.47 Å². The maximum atomic E-state index is 10.9. The van der Waals surface area contributed by atoms with E-state index in [0.29, 0.717) is 0 Å². The van der Waals surface area contributed by atoms with Gasteiger partial charge in [-0.2, -0.15) is 0 Å². The Morgan fingerprint density at radius 3 is 1.92 bits per heavy atom. The normalized spacial score (nSPS) is 29.5. The van der Waals surface area contributed by atoms with Crippen molar-refractivity contribution in [3.63, 3.8) is 0 Å². The summed E-state index contributed by atoms with van der Waals surface area (Å²) in [7, 11) is 0. The van der Waals surface area contributed by atoms with Gasteiger partial charge in [0, 0.05) is 0 Å². The molecule has 0 aromatic rings. The molecule has 0 bridgehead atoms. The van der Waals surface area contributed by atoms with Crippen LogP contribution in [0.5, 0.6) is 0 Å². The van der Waals surface area contributed by atoms with Crippen LogP contribution in [0.4, 0.5) is 4.79 Å².